The van der Waals surface area contributed by atoms with Crippen molar-refractivity contribution in [3.05, 3.63) is 128 Å². The summed E-state index contributed by atoms with van der Waals surface area (Å²) in [4.78, 5) is 37.5. The van der Waals surface area contributed by atoms with Crippen LogP contribution in [0, 0.1) is 6.92 Å². The van der Waals surface area contributed by atoms with Crippen LogP contribution >= 0.6 is 0 Å². The zero-order valence-electron chi connectivity index (χ0n) is 25.9. The molecule has 0 saturated carbocycles. The summed E-state index contributed by atoms with van der Waals surface area (Å²) in [6.45, 7) is 4.13. The topological polar surface area (TPSA) is 133 Å². The Kier molecular flexibility index (Phi) is 9.84. The number of aryl methyl sites for hydroxylation is 2. The molecule has 0 atom stereocenters. The van der Waals surface area contributed by atoms with Crippen molar-refractivity contribution in [3.63, 3.8) is 0 Å². The quantitative estimate of drug-likeness (QED) is 0.238. The summed E-state index contributed by atoms with van der Waals surface area (Å²) in [7, 11) is 0. The van der Waals surface area contributed by atoms with E-state index in [1.165, 1.54) is 0 Å². The number of hydrogen-bond acceptors (Lipinski definition) is 8. The number of benzene rings is 3. The SMILES string of the molecule is CCCCc1nc(C)n(Cc2noc(-c3ccccc3)n2)c(=O)c1Cc1ccc(-c2ccccc2-c2noc(=O)[nH]2)cc1.[H-].[Na+]. The van der Waals surface area contributed by atoms with E-state index < -0.39 is 5.76 Å². The van der Waals surface area contributed by atoms with Crippen LogP contribution in [-0.4, -0.2) is 29.8 Å². The maximum atomic E-state index is 13.9. The van der Waals surface area contributed by atoms with Gasteiger partial charge in [0.1, 0.15) is 5.82 Å². The van der Waals surface area contributed by atoms with Crippen LogP contribution in [0.1, 0.15) is 49.7 Å². The largest absolute Gasteiger partial charge is 1.00 e. The second kappa shape index (κ2) is 13.9. The van der Waals surface area contributed by atoms with Crippen LogP contribution in [0.2, 0.25) is 0 Å². The Morgan fingerprint density at radius 1 is 0.841 bits per heavy atom. The Morgan fingerprint density at radius 3 is 2.27 bits per heavy atom. The molecule has 6 aromatic rings. The van der Waals surface area contributed by atoms with Gasteiger partial charge in [-0.25, -0.2) is 9.78 Å². The number of nitrogens with one attached hydrogen (secondary N) is 1. The van der Waals surface area contributed by atoms with Gasteiger partial charge in [0.25, 0.3) is 11.4 Å². The van der Waals surface area contributed by atoms with E-state index in [-0.39, 0.29) is 43.1 Å². The molecule has 6 rings (SSSR count). The zero-order chi connectivity index (χ0) is 29.8. The predicted molar refractivity (Wildman–Crippen MR) is 163 cm³/mol. The van der Waals surface area contributed by atoms with Gasteiger partial charge >= 0.3 is 35.3 Å². The molecular formula is C33H31N6NaO4. The average molecular weight is 599 g/mol. The first-order valence-corrected chi connectivity index (χ1v) is 14.2. The summed E-state index contributed by atoms with van der Waals surface area (Å²) >= 11 is 0. The molecule has 0 aliphatic carbocycles. The molecule has 11 heteroatoms. The molecule has 3 aromatic heterocycles. The van der Waals surface area contributed by atoms with Gasteiger partial charge in [0, 0.05) is 23.1 Å². The average Bonchev–Trinajstić information content (AvgIpc) is 3.70. The van der Waals surface area contributed by atoms with Gasteiger partial charge in [0.15, 0.2) is 11.6 Å². The van der Waals surface area contributed by atoms with Gasteiger partial charge in [-0.3, -0.25) is 18.9 Å². The smallest absolute Gasteiger partial charge is 1.00 e. The van der Waals surface area contributed by atoms with Crippen LogP contribution < -0.4 is 40.9 Å². The van der Waals surface area contributed by atoms with Crippen molar-refractivity contribution in [3.8, 4) is 34.0 Å². The molecule has 0 spiro atoms. The summed E-state index contributed by atoms with van der Waals surface area (Å²) < 4.78 is 11.8. The fraction of sp³-hybridized carbons (Fsp3) is 0.212. The van der Waals surface area contributed by atoms with E-state index in [2.05, 4.69) is 27.2 Å². The number of rotatable bonds is 10. The van der Waals surface area contributed by atoms with E-state index in [1.807, 2.05) is 85.8 Å². The van der Waals surface area contributed by atoms with Gasteiger partial charge < -0.3 is 5.95 Å². The summed E-state index contributed by atoms with van der Waals surface area (Å²) in [5.74, 6) is 1.20. The van der Waals surface area contributed by atoms with Crippen molar-refractivity contribution in [2.45, 2.75) is 46.1 Å². The molecule has 0 bridgehead atoms. The van der Waals surface area contributed by atoms with Gasteiger partial charge in [0.2, 0.25) is 0 Å². The van der Waals surface area contributed by atoms with Crippen LogP contribution in [0.5, 0.6) is 0 Å². The van der Waals surface area contributed by atoms with Crippen LogP contribution in [0.25, 0.3) is 34.0 Å². The Bertz CT molecular complexity index is 1980. The van der Waals surface area contributed by atoms with Gasteiger partial charge in [-0.15, -0.1) is 0 Å². The molecule has 3 heterocycles. The fourth-order valence-electron chi connectivity index (χ4n) is 5.12. The molecular weight excluding hydrogens is 567 g/mol. The summed E-state index contributed by atoms with van der Waals surface area (Å²) in [6, 6.07) is 25.2. The van der Waals surface area contributed by atoms with Crippen LogP contribution in [0.3, 0.4) is 0 Å². The Morgan fingerprint density at radius 2 is 1.57 bits per heavy atom. The molecule has 0 aliphatic rings. The summed E-state index contributed by atoms with van der Waals surface area (Å²) in [6.07, 6.45) is 3.10. The predicted octanol–water partition coefficient (Wildman–Crippen LogP) is 2.71. The van der Waals surface area contributed by atoms with E-state index >= 15 is 0 Å². The third-order valence-electron chi connectivity index (χ3n) is 7.36. The van der Waals surface area contributed by atoms with Gasteiger partial charge in [-0.2, -0.15) is 4.98 Å². The molecule has 0 radical (unpaired) electrons. The molecule has 1 N–H and O–H groups in total. The van der Waals surface area contributed by atoms with Crippen molar-refractivity contribution in [1.82, 2.24) is 29.8 Å². The van der Waals surface area contributed by atoms with E-state index in [0.29, 0.717) is 35.3 Å². The minimum Gasteiger partial charge on any atom is -1.00 e. The maximum absolute atomic E-state index is 13.9. The van der Waals surface area contributed by atoms with Crippen LogP contribution in [-0.2, 0) is 19.4 Å². The first-order chi connectivity index (χ1) is 21.0. The number of aromatic amines is 1. The van der Waals surface area contributed by atoms with Crippen molar-refractivity contribution < 1.29 is 40.0 Å². The van der Waals surface area contributed by atoms with E-state index in [0.717, 1.165) is 52.8 Å². The Balaban J connectivity index is 0.00000230. The van der Waals surface area contributed by atoms with Crippen molar-refractivity contribution >= 4 is 0 Å². The first-order valence-electron chi connectivity index (χ1n) is 14.2. The zero-order valence-corrected chi connectivity index (χ0v) is 26.9. The van der Waals surface area contributed by atoms with Crippen LogP contribution in [0.4, 0.5) is 0 Å². The second-order valence-electron chi connectivity index (χ2n) is 10.3. The monoisotopic (exact) mass is 598 g/mol. The molecule has 44 heavy (non-hydrogen) atoms. The molecule has 0 fully saturated rings. The normalized spacial score (nSPS) is 11.0. The standard InChI is InChI=1S/C33H30N6O4.Na.H/c1-3-4-14-28-27(32(40)39(21(2)34-28)20-29-35-31(42-37-29)24-10-6-5-7-11-24)19-22-15-17-23(18-16-22)25-12-8-9-13-26(25)30-36-33(41)43-38-30;;/h5-13,15-18H,3-4,14,19-20H2,1-2H3,(H,36,38,41);;/q;+1;-1. The third-order valence-corrected chi connectivity index (χ3v) is 7.36. The minimum absolute atomic E-state index is 0. The summed E-state index contributed by atoms with van der Waals surface area (Å²) in [5.41, 5.74) is 5.78. The molecule has 0 aliphatic heterocycles. The number of H-pyrrole nitrogens is 1. The van der Waals surface area contributed by atoms with Gasteiger partial charge in [-0.05, 0) is 48.6 Å². The van der Waals surface area contributed by atoms with Crippen molar-refractivity contribution in [1.29, 1.82) is 0 Å². The number of unbranched alkanes of at least 4 members (excludes halogenated alkanes) is 1. The van der Waals surface area contributed by atoms with Crippen LogP contribution in [0.15, 0.2) is 97.5 Å². The van der Waals surface area contributed by atoms with E-state index in [9.17, 15) is 9.59 Å². The van der Waals surface area contributed by atoms with E-state index in [4.69, 9.17) is 14.0 Å². The molecule has 0 saturated heterocycles. The first kappa shape index (κ1) is 31.1. The molecule has 218 valence electrons. The second-order valence-corrected chi connectivity index (χ2v) is 10.3. The van der Waals surface area contributed by atoms with Crippen molar-refractivity contribution in [2.75, 3.05) is 0 Å². The molecule has 10 nitrogen and oxygen atoms in total. The van der Waals surface area contributed by atoms with Gasteiger partial charge in [0.05, 0.1) is 12.2 Å². The Labute approximate surface area is 277 Å². The molecule has 0 unspecified atom stereocenters. The fourth-order valence-corrected chi connectivity index (χ4v) is 5.12. The van der Waals surface area contributed by atoms with E-state index in [1.54, 1.807) is 4.57 Å². The molecule has 0 amide bonds. The molecule has 3 aromatic carbocycles. The minimum atomic E-state index is -0.604. The number of hydrogen-bond donors (Lipinski definition) is 1. The van der Waals surface area contributed by atoms with Gasteiger partial charge in [-0.1, -0.05) is 90.4 Å². The third kappa shape index (κ3) is 6.72. The maximum Gasteiger partial charge on any atom is 1.00 e. The Hall–Kier alpha value is -4.38. The number of nitrogens with zero attached hydrogens (tertiary/aromatic N) is 5. The van der Waals surface area contributed by atoms with Crippen molar-refractivity contribution in [2.24, 2.45) is 0 Å². The number of aromatic nitrogens is 6. The summed E-state index contributed by atoms with van der Waals surface area (Å²) in [5, 5.41) is 7.97.